The highest BCUT2D eigenvalue weighted by Gasteiger charge is 2.07. The van der Waals surface area contributed by atoms with Crippen LogP contribution in [0.5, 0.6) is 0 Å². The number of rotatable bonds is 7. The molecule has 0 atom stereocenters. The summed E-state index contributed by atoms with van der Waals surface area (Å²) in [6.45, 7) is 5.22. The Balaban J connectivity index is 2.20. The van der Waals surface area contributed by atoms with Crippen LogP contribution in [0.25, 0.3) is 0 Å². The summed E-state index contributed by atoms with van der Waals surface area (Å²) >= 11 is 0. The number of carbonyl (C=O) groups is 1. The Kier molecular flexibility index (Phi) is 6.25. The molecule has 1 heterocycles. The molecule has 0 aliphatic heterocycles. The number of aromatic nitrogens is 1. The molecule has 0 saturated carbocycles. The van der Waals surface area contributed by atoms with Crippen LogP contribution in [0, 0.1) is 0 Å². The first kappa shape index (κ1) is 13.6. The van der Waals surface area contributed by atoms with Gasteiger partial charge in [0.15, 0.2) is 0 Å². The average Bonchev–Trinajstić information content (AvgIpc) is 2.37. The van der Waals surface area contributed by atoms with Gasteiger partial charge >= 0.3 is 0 Å². The Hall–Kier alpha value is -1.42. The third-order valence-electron chi connectivity index (χ3n) is 2.71. The monoisotopic (exact) mass is 235 g/mol. The molecule has 4 heteroatoms. The van der Waals surface area contributed by atoms with Crippen molar-refractivity contribution in [1.82, 2.24) is 15.6 Å². The molecule has 2 N–H and O–H groups in total. The summed E-state index contributed by atoms with van der Waals surface area (Å²) in [6.07, 6.45) is 5.46. The lowest BCUT2D eigenvalue weighted by atomic mass is 10.2. The Bertz CT molecular complexity index is 323. The minimum absolute atomic E-state index is 0.0627. The molecule has 94 valence electrons. The van der Waals surface area contributed by atoms with Gasteiger partial charge in [0.1, 0.15) is 0 Å². The topological polar surface area (TPSA) is 54.0 Å². The third kappa shape index (κ3) is 5.45. The smallest absolute Gasteiger partial charge is 0.234 e. The van der Waals surface area contributed by atoms with E-state index < -0.39 is 0 Å². The Morgan fingerprint density at radius 2 is 1.94 bits per heavy atom. The van der Waals surface area contributed by atoms with Gasteiger partial charge in [-0.25, -0.2) is 0 Å². The fourth-order valence-corrected chi connectivity index (χ4v) is 1.59. The van der Waals surface area contributed by atoms with E-state index in [1.54, 1.807) is 12.4 Å². The van der Waals surface area contributed by atoms with Crippen LogP contribution < -0.4 is 10.6 Å². The predicted molar refractivity (Wildman–Crippen MR) is 68.5 cm³/mol. The lowest BCUT2D eigenvalue weighted by Crippen LogP contribution is -2.39. The van der Waals surface area contributed by atoms with Crippen LogP contribution >= 0.6 is 0 Å². The molecule has 0 saturated heterocycles. The van der Waals surface area contributed by atoms with Gasteiger partial charge in [-0.15, -0.1) is 0 Å². The second kappa shape index (κ2) is 7.79. The van der Waals surface area contributed by atoms with E-state index in [0.717, 1.165) is 18.4 Å². The van der Waals surface area contributed by atoms with Crippen molar-refractivity contribution in [3.63, 3.8) is 0 Å². The fourth-order valence-electron chi connectivity index (χ4n) is 1.59. The Morgan fingerprint density at radius 3 is 2.53 bits per heavy atom. The Morgan fingerprint density at radius 1 is 1.29 bits per heavy atom. The van der Waals surface area contributed by atoms with Crippen LogP contribution in [0.4, 0.5) is 0 Å². The summed E-state index contributed by atoms with van der Waals surface area (Å²) in [4.78, 5) is 15.5. The van der Waals surface area contributed by atoms with Gasteiger partial charge in [-0.2, -0.15) is 0 Å². The van der Waals surface area contributed by atoms with Gasteiger partial charge in [0, 0.05) is 25.0 Å². The van der Waals surface area contributed by atoms with Crippen LogP contribution in [-0.4, -0.2) is 23.5 Å². The summed E-state index contributed by atoms with van der Waals surface area (Å²) in [5.41, 5.74) is 1.13. The maximum absolute atomic E-state index is 11.6. The van der Waals surface area contributed by atoms with E-state index in [2.05, 4.69) is 29.5 Å². The van der Waals surface area contributed by atoms with E-state index in [0.29, 0.717) is 19.1 Å². The van der Waals surface area contributed by atoms with Gasteiger partial charge in [-0.05, 0) is 30.5 Å². The van der Waals surface area contributed by atoms with E-state index in [9.17, 15) is 4.79 Å². The molecular formula is C13H21N3O. The van der Waals surface area contributed by atoms with Crippen molar-refractivity contribution >= 4 is 5.91 Å². The van der Waals surface area contributed by atoms with Crippen molar-refractivity contribution in [3.05, 3.63) is 30.1 Å². The normalized spacial score (nSPS) is 10.5. The first-order valence-corrected chi connectivity index (χ1v) is 6.15. The maximum atomic E-state index is 11.6. The van der Waals surface area contributed by atoms with Gasteiger partial charge in [0.05, 0.1) is 6.54 Å². The fraction of sp³-hybridized carbons (Fsp3) is 0.538. The second-order valence-electron chi connectivity index (χ2n) is 4.04. The zero-order chi connectivity index (χ0) is 12.5. The average molecular weight is 235 g/mol. The molecule has 0 radical (unpaired) electrons. The molecule has 17 heavy (non-hydrogen) atoms. The standard InChI is InChI=1S/C13H21N3O/c1-3-12(4-2)16-13(17)10-15-9-11-5-7-14-8-6-11/h5-8,12,15H,3-4,9-10H2,1-2H3,(H,16,17). The number of pyridine rings is 1. The van der Waals surface area contributed by atoms with E-state index in [1.807, 2.05) is 12.1 Å². The Labute approximate surface area is 103 Å². The van der Waals surface area contributed by atoms with Crippen LogP contribution in [0.15, 0.2) is 24.5 Å². The maximum Gasteiger partial charge on any atom is 0.234 e. The molecule has 0 unspecified atom stereocenters. The van der Waals surface area contributed by atoms with Gasteiger partial charge in [-0.1, -0.05) is 13.8 Å². The van der Waals surface area contributed by atoms with Crippen molar-refractivity contribution in [1.29, 1.82) is 0 Å². The van der Waals surface area contributed by atoms with Crippen LogP contribution in [-0.2, 0) is 11.3 Å². The predicted octanol–water partition coefficient (Wildman–Crippen LogP) is 1.48. The van der Waals surface area contributed by atoms with Gasteiger partial charge < -0.3 is 10.6 Å². The van der Waals surface area contributed by atoms with E-state index in [1.165, 1.54) is 0 Å². The molecule has 1 aromatic heterocycles. The number of hydrogen-bond acceptors (Lipinski definition) is 3. The molecule has 1 aromatic rings. The molecule has 0 aliphatic rings. The number of amides is 1. The minimum Gasteiger partial charge on any atom is -0.352 e. The highest BCUT2D eigenvalue weighted by atomic mass is 16.1. The zero-order valence-electron chi connectivity index (χ0n) is 10.6. The number of nitrogens with one attached hydrogen (secondary N) is 2. The summed E-state index contributed by atoms with van der Waals surface area (Å²) < 4.78 is 0. The van der Waals surface area contributed by atoms with Crippen LogP contribution in [0.3, 0.4) is 0 Å². The summed E-state index contributed by atoms with van der Waals surface area (Å²) in [5, 5.41) is 6.10. The van der Waals surface area contributed by atoms with Gasteiger partial charge in [0.2, 0.25) is 5.91 Å². The van der Waals surface area contributed by atoms with Gasteiger partial charge in [-0.3, -0.25) is 9.78 Å². The van der Waals surface area contributed by atoms with Crippen molar-refractivity contribution in [2.45, 2.75) is 39.3 Å². The highest BCUT2D eigenvalue weighted by molar-refractivity contribution is 5.78. The van der Waals surface area contributed by atoms with Gasteiger partial charge in [0.25, 0.3) is 0 Å². The lowest BCUT2D eigenvalue weighted by Gasteiger charge is -2.14. The molecule has 0 spiro atoms. The largest absolute Gasteiger partial charge is 0.352 e. The van der Waals surface area contributed by atoms with E-state index >= 15 is 0 Å². The second-order valence-corrected chi connectivity index (χ2v) is 4.04. The first-order valence-electron chi connectivity index (χ1n) is 6.15. The molecule has 0 fully saturated rings. The molecule has 0 aliphatic carbocycles. The molecule has 4 nitrogen and oxygen atoms in total. The SMILES string of the molecule is CCC(CC)NC(=O)CNCc1ccncc1. The van der Waals surface area contributed by atoms with E-state index in [-0.39, 0.29) is 5.91 Å². The lowest BCUT2D eigenvalue weighted by molar-refractivity contribution is -0.121. The molecule has 1 rings (SSSR count). The first-order chi connectivity index (χ1) is 8.26. The molecule has 0 bridgehead atoms. The molecular weight excluding hydrogens is 214 g/mol. The summed E-state index contributed by atoms with van der Waals surface area (Å²) in [6, 6.07) is 4.17. The summed E-state index contributed by atoms with van der Waals surface area (Å²) in [7, 11) is 0. The minimum atomic E-state index is 0.0627. The van der Waals surface area contributed by atoms with Crippen molar-refractivity contribution in [3.8, 4) is 0 Å². The third-order valence-corrected chi connectivity index (χ3v) is 2.71. The number of hydrogen-bond donors (Lipinski definition) is 2. The molecule has 1 amide bonds. The molecule has 0 aromatic carbocycles. The van der Waals surface area contributed by atoms with Crippen LogP contribution in [0.1, 0.15) is 32.3 Å². The quantitative estimate of drug-likeness (QED) is 0.752. The summed E-state index contributed by atoms with van der Waals surface area (Å²) in [5.74, 6) is 0.0627. The van der Waals surface area contributed by atoms with Crippen molar-refractivity contribution in [2.24, 2.45) is 0 Å². The van der Waals surface area contributed by atoms with Crippen molar-refractivity contribution in [2.75, 3.05) is 6.54 Å². The van der Waals surface area contributed by atoms with Crippen molar-refractivity contribution < 1.29 is 4.79 Å². The van der Waals surface area contributed by atoms with Crippen LogP contribution in [0.2, 0.25) is 0 Å². The number of carbonyl (C=O) groups excluding carboxylic acids is 1. The highest BCUT2D eigenvalue weighted by Crippen LogP contribution is 1.96. The zero-order valence-corrected chi connectivity index (χ0v) is 10.6. The number of nitrogens with zero attached hydrogens (tertiary/aromatic N) is 1. The van der Waals surface area contributed by atoms with E-state index in [4.69, 9.17) is 0 Å².